The van der Waals surface area contributed by atoms with E-state index in [1.54, 1.807) is 6.07 Å². The number of ether oxygens (including phenoxy) is 1. The van der Waals surface area contributed by atoms with E-state index < -0.39 is 0 Å². The summed E-state index contributed by atoms with van der Waals surface area (Å²) in [6, 6.07) is 5.47. The van der Waals surface area contributed by atoms with Gasteiger partial charge in [0.1, 0.15) is 5.82 Å². The third-order valence-corrected chi connectivity index (χ3v) is 3.11. The minimum Gasteiger partial charge on any atom is -0.477 e. The molecule has 0 amide bonds. The lowest BCUT2D eigenvalue weighted by Gasteiger charge is -2.24. The predicted molar refractivity (Wildman–Crippen MR) is 65.2 cm³/mol. The molecule has 0 fully saturated rings. The van der Waals surface area contributed by atoms with E-state index in [4.69, 9.17) is 10.5 Å². The number of allylic oxidation sites excluding steroid dienone is 2. The van der Waals surface area contributed by atoms with Gasteiger partial charge in [0.15, 0.2) is 0 Å². The Labute approximate surface area is 96.3 Å². The van der Waals surface area contributed by atoms with E-state index in [2.05, 4.69) is 24.1 Å². The molecule has 1 aromatic heterocycles. The molecule has 0 saturated carbocycles. The van der Waals surface area contributed by atoms with Gasteiger partial charge in [-0.05, 0) is 30.7 Å². The quantitative estimate of drug-likeness (QED) is 0.793. The van der Waals surface area contributed by atoms with Crippen molar-refractivity contribution in [2.45, 2.75) is 19.8 Å². The van der Waals surface area contributed by atoms with Crippen molar-refractivity contribution >= 4 is 5.82 Å². The first kappa shape index (κ1) is 11.0. The van der Waals surface area contributed by atoms with E-state index in [9.17, 15) is 0 Å². The molecule has 1 aliphatic rings. The number of hydrogen-bond acceptors (Lipinski definition) is 3. The summed E-state index contributed by atoms with van der Waals surface area (Å²) >= 11 is 0. The highest BCUT2D eigenvalue weighted by atomic mass is 16.5. The van der Waals surface area contributed by atoms with Crippen LogP contribution in [0.3, 0.4) is 0 Å². The van der Waals surface area contributed by atoms with Gasteiger partial charge >= 0.3 is 0 Å². The second-order valence-corrected chi connectivity index (χ2v) is 4.39. The topological polar surface area (TPSA) is 48.1 Å². The van der Waals surface area contributed by atoms with Crippen molar-refractivity contribution in [3.63, 3.8) is 0 Å². The number of anilines is 1. The van der Waals surface area contributed by atoms with Gasteiger partial charge in [0.2, 0.25) is 5.88 Å². The zero-order valence-corrected chi connectivity index (χ0v) is 9.60. The summed E-state index contributed by atoms with van der Waals surface area (Å²) in [5, 5.41) is 0. The number of rotatable bonds is 3. The lowest BCUT2D eigenvalue weighted by molar-refractivity contribution is 0.193. The van der Waals surface area contributed by atoms with Crippen molar-refractivity contribution in [3.05, 3.63) is 30.4 Å². The number of nitrogens with zero attached hydrogens (tertiary/aromatic N) is 1. The molecule has 1 heterocycles. The molecule has 16 heavy (non-hydrogen) atoms. The SMILES string of the molecule is CC1CC=CCC1COc1cccc(N)n1. The highest BCUT2D eigenvalue weighted by molar-refractivity contribution is 5.31. The molecule has 2 atom stereocenters. The monoisotopic (exact) mass is 218 g/mol. The molecule has 1 aromatic rings. The maximum Gasteiger partial charge on any atom is 0.215 e. The van der Waals surface area contributed by atoms with Crippen LogP contribution in [0.15, 0.2) is 30.4 Å². The van der Waals surface area contributed by atoms with Crippen molar-refractivity contribution in [1.29, 1.82) is 0 Å². The zero-order chi connectivity index (χ0) is 11.4. The molecule has 0 bridgehead atoms. The van der Waals surface area contributed by atoms with Crippen LogP contribution in [-0.4, -0.2) is 11.6 Å². The van der Waals surface area contributed by atoms with Gasteiger partial charge in [-0.3, -0.25) is 0 Å². The Kier molecular flexibility index (Phi) is 3.44. The van der Waals surface area contributed by atoms with Crippen LogP contribution in [-0.2, 0) is 0 Å². The number of aromatic nitrogens is 1. The second-order valence-electron chi connectivity index (χ2n) is 4.39. The maximum atomic E-state index is 5.67. The lowest BCUT2D eigenvalue weighted by Crippen LogP contribution is -2.21. The van der Waals surface area contributed by atoms with Gasteiger partial charge in [-0.25, -0.2) is 0 Å². The van der Waals surface area contributed by atoms with Crippen LogP contribution in [0, 0.1) is 11.8 Å². The van der Waals surface area contributed by atoms with Crippen molar-refractivity contribution < 1.29 is 4.74 Å². The van der Waals surface area contributed by atoms with E-state index in [0.717, 1.165) is 19.4 Å². The maximum absolute atomic E-state index is 5.67. The fraction of sp³-hybridized carbons (Fsp3) is 0.462. The molecule has 3 nitrogen and oxygen atoms in total. The average molecular weight is 218 g/mol. The highest BCUT2D eigenvalue weighted by Crippen LogP contribution is 2.25. The second kappa shape index (κ2) is 5.01. The van der Waals surface area contributed by atoms with E-state index >= 15 is 0 Å². The third kappa shape index (κ3) is 2.75. The first-order valence-electron chi connectivity index (χ1n) is 5.76. The molecule has 0 radical (unpaired) electrons. The number of nitrogens with two attached hydrogens (primary N) is 1. The van der Waals surface area contributed by atoms with Crippen molar-refractivity contribution in [1.82, 2.24) is 4.98 Å². The largest absolute Gasteiger partial charge is 0.477 e. The average Bonchev–Trinajstić information content (AvgIpc) is 2.28. The summed E-state index contributed by atoms with van der Waals surface area (Å²) in [6.45, 7) is 2.99. The minimum absolute atomic E-state index is 0.508. The van der Waals surface area contributed by atoms with E-state index in [-0.39, 0.29) is 0 Å². The molecule has 0 saturated heterocycles. The van der Waals surface area contributed by atoms with Crippen LogP contribution < -0.4 is 10.5 Å². The van der Waals surface area contributed by atoms with Gasteiger partial charge in [0, 0.05) is 6.07 Å². The summed E-state index contributed by atoms with van der Waals surface area (Å²) in [6.07, 6.45) is 6.74. The van der Waals surface area contributed by atoms with Gasteiger partial charge in [0.05, 0.1) is 6.61 Å². The molecule has 2 N–H and O–H groups in total. The highest BCUT2D eigenvalue weighted by Gasteiger charge is 2.18. The number of nitrogen functional groups attached to an aromatic ring is 1. The van der Waals surface area contributed by atoms with Crippen LogP contribution >= 0.6 is 0 Å². The van der Waals surface area contributed by atoms with Crippen LogP contribution in [0.5, 0.6) is 5.88 Å². The molecule has 2 unspecified atom stereocenters. The summed E-state index contributed by atoms with van der Waals surface area (Å²) in [5.74, 6) is 2.41. The summed E-state index contributed by atoms with van der Waals surface area (Å²) in [4.78, 5) is 4.12. The molecule has 3 heteroatoms. The molecule has 2 rings (SSSR count). The normalized spacial score (nSPS) is 24.3. The van der Waals surface area contributed by atoms with Crippen molar-refractivity contribution in [2.24, 2.45) is 11.8 Å². The van der Waals surface area contributed by atoms with Crippen LogP contribution in [0.4, 0.5) is 5.82 Å². The molecular formula is C13H18N2O. The molecular weight excluding hydrogens is 200 g/mol. The van der Waals surface area contributed by atoms with Gasteiger partial charge in [-0.1, -0.05) is 25.1 Å². The molecule has 86 valence electrons. The Morgan fingerprint density at radius 1 is 1.38 bits per heavy atom. The Bertz CT molecular complexity index is 376. The van der Waals surface area contributed by atoms with Crippen molar-refractivity contribution in [3.8, 4) is 5.88 Å². The van der Waals surface area contributed by atoms with Crippen molar-refractivity contribution in [2.75, 3.05) is 12.3 Å². The van der Waals surface area contributed by atoms with Gasteiger partial charge in [-0.15, -0.1) is 0 Å². The van der Waals surface area contributed by atoms with Crippen LogP contribution in [0.25, 0.3) is 0 Å². The Balaban J connectivity index is 1.89. The Morgan fingerprint density at radius 3 is 2.94 bits per heavy atom. The molecule has 1 aliphatic carbocycles. The van der Waals surface area contributed by atoms with Crippen LogP contribution in [0.2, 0.25) is 0 Å². The number of pyridine rings is 1. The fourth-order valence-corrected chi connectivity index (χ4v) is 1.94. The third-order valence-electron chi connectivity index (χ3n) is 3.11. The van der Waals surface area contributed by atoms with E-state index in [0.29, 0.717) is 23.5 Å². The smallest absolute Gasteiger partial charge is 0.215 e. The predicted octanol–water partition coefficient (Wildman–Crippen LogP) is 2.64. The minimum atomic E-state index is 0.508. The van der Waals surface area contributed by atoms with Gasteiger partial charge < -0.3 is 10.5 Å². The molecule has 0 spiro atoms. The Hall–Kier alpha value is -1.51. The van der Waals surface area contributed by atoms with Gasteiger partial charge in [0.25, 0.3) is 0 Å². The zero-order valence-electron chi connectivity index (χ0n) is 9.60. The van der Waals surface area contributed by atoms with E-state index in [1.165, 1.54) is 0 Å². The molecule has 0 aromatic carbocycles. The first-order valence-corrected chi connectivity index (χ1v) is 5.76. The Morgan fingerprint density at radius 2 is 2.19 bits per heavy atom. The summed E-state index contributed by atoms with van der Waals surface area (Å²) in [7, 11) is 0. The van der Waals surface area contributed by atoms with Crippen LogP contribution in [0.1, 0.15) is 19.8 Å². The summed E-state index contributed by atoms with van der Waals surface area (Å²) in [5.41, 5.74) is 5.59. The first-order chi connectivity index (χ1) is 7.75. The summed E-state index contributed by atoms with van der Waals surface area (Å²) < 4.78 is 5.67. The lowest BCUT2D eigenvalue weighted by atomic mass is 9.85. The standard InChI is InChI=1S/C13H18N2O/c1-10-5-2-3-6-11(10)9-16-13-8-4-7-12(14)15-13/h2-4,7-8,10-11H,5-6,9H2,1H3,(H2,14,15). The molecule has 0 aliphatic heterocycles. The van der Waals surface area contributed by atoms with E-state index in [1.807, 2.05) is 12.1 Å². The number of hydrogen-bond donors (Lipinski definition) is 1. The van der Waals surface area contributed by atoms with Gasteiger partial charge in [-0.2, -0.15) is 4.98 Å². The fourth-order valence-electron chi connectivity index (χ4n) is 1.94.